The van der Waals surface area contributed by atoms with E-state index in [0.29, 0.717) is 17.9 Å². The van der Waals surface area contributed by atoms with Crippen LogP contribution < -0.4 is 0 Å². The highest BCUT2D eigenvalue weighted by molar-refractivity contribution is 6.29. The Morgan fingerprint density at radius 3 is 2.55 bits per heavy atom. The summed E-state index contributed by atoms with van der Waals surface area (Å²) in [6, 6.07) is 0. The summed E-state index contributed by atoms with van der Waals surface area (Å²) in [7, 11) is 0. The molecule has 0 saturated heterocycles. The summed E-state index contributed by atoms with van der Waals surface area (Å²) >= 11 is 5.64. The molecular formula is C8H11ClO2. The number of halogens is 1. The zero-order chi connectivity index (χ0) is 8.85. The molecule has 0 spiro atoms. The molecule has 0 aliphatic heterocycles. The average Bonchev–Trinajstić information content (AvgIpc) is 1.99. The van der Waals surface area contributed by atoms with E-state index in [0.717, 1.165) is 0 Å². The lowest BCUT2D eigenvalue weighted by molar-refractivity contribution is -0.132. The van der Waals surface area contributed by atoms with Crippen molar-refractivity contribution in [1.29, 1.82) is 0 Å². The van der Waals surface area contributed by atoms with Crippen LogP contribution in [0.25, 0.3) is 0 Å². The minimum absolute atomic E-state index is 0.199. The van der Waals surface area contributed by atoms with Gasteiger partial charge < -0.3 is 5.11 Å². The maximum atomic E-state index is 10.2. The standard InChI is InChI=1S/C8H11ClO2/c1-3-7(9)5-4-6(2)8(10)11/h3H,2,4-5H2,1H3,(H,10,11). The second-order valence-corrected chi connectivity index (χ2v) is 2.63. The van der Waals surface area contributed by atoms with Gasteiger partial charge in [0.05, 0.1) is 0 Å². The van der Waals surface area contributed by atoms with Crippen molar-refractivity contribution < 1.29 is 9.90 Å². The Balaban J connectivity index is 3.72. The summed E-state index contributed by atoms with van der Waals surface area (Å²) in [5.74, 6) is -0.953. The van der Waals surface area contributed by atoms with Crippen LogP contribution in [0, 0.1) is 0 Å². The number of allylic oxidation sites excluding steroid dienone is 2. The average molecular weight is 175 g/mol. The summed E-state index contributed by atoms with van der Waals surface area (Å²) < 4.78 is 0. The quantitative estimate of drug-likeness (QED) is 0.666. The van der Waals surface area contributed by atoms with Gasteiger partial charge in [0, 0.05) is 10.6 Å². The number of carbonyl (C=O) groups is 1. The number of hydrogen-bond acceptors (Lipinski definition) is 1. The van der Waals surface area contributed by atoms with Gasteiger partial charge in [0.2, 0.25) is 0 Å². The van der Waals surface area contributed by atoms with E-state index >= 15 is 0 Å². The molecule has 62 valence electrons. The van der Waals surface area contributed by atoms with E-state index in [9.17, 15) is 4.79 Å². The normalized spacial score (nSPS) is 11.3. The van der Waals surface area contributed by atoms with Gasteiger partial charge in [-0.15, -0.1) is 0 Å². The molecule has 0 atom stereocenters. The molecule has 0 aromatic heterocycles. The van der Waals surface area contributed by atoms with Gasteiger partial charge in [0.25, 0.3) is 0 Å². The van der Waals surface area contributed by atoms with Gasteiger partial charge >= 0.3 is 5.97 Å². The highest BCUT2D eigenvalue weighted by Gasteiger charge is 2.03. The summed E-state index contributed by atoms with van der Waals surface area (Å²) in [5, 5.41) is 9.08. The van der Waals surface area contributed by atoms with Crippen LogP contribution in [-0.4, -0.2) is 11.1 Å². The van der Waals surface area contributed by atoms with Crippen molar-refractivity contribution in [3.8, 4) is 0 Å². The minimum Gasteiger partial charge on any atom is -0.478 e. The molecule has 11 heavy (non-hydrogen) atoms. The maximum absolute atomic E-state index is 10.2. The molecule has 0 aromatic carbocycles. The predicted molar refractivity (Wildman–Crippen MR) is 45.6 cm³/mol. The molecule has 0 fully saturated rings. The second-order valence-electron chi connectivity index (χ2n) is 2.14. The fourth-order valence-corrected chi connectivity index (χ4v) is 0.616. The molecule has 3 heteroatoms. The Bertz CT molecular complexity index is 194. The molecule has 0 amide bonds. The van der Waals surface area contributed by atoms with Crippen LogP contribution in [0.4, 0.5) is 0 Å². The lowest BCUT2D eigenvalue weighted by Gasteiger charge is -1.97. The molecule has 0 saturated carbocycles. The van der Waals surface area contributed by atoms with Gasteiger partial charge in [-0.2, -0.15) is 0 Å². The molecule has 2 nitrogen and oxygen atoms in total. The van der Waals surface area contributed by atoms with Crippen molar-refractivity contribution in [3.63, 3.8) is 0 Å². The monoisotopic (exact) mass is 174 g/mol. The Kier molecular flexibility index (Phi) is 4.62. The van der Waals surface area contributed by atoms with Gasteiger partial charge in [-0.1, -0.05) is 24.3 Å². The highest BCUT2D eigenvalue weighted by Crippen LogP contribution is 2.13. The van der Waals surface area contributed by atoms with Gasteiger partial charge in [-0.3, -0.25) is 0 Å². The van der Waals surface area contributed by atoms with Gasteiger partial charge in [0.15, 0.2) is 0 Å². The van der Waals surface area contributed by atoms with Crippen LogP contribution in [0.5, 0.6) is 0 Å². The first-order valence-electron chi connectivity index (χ1n) is 3.29. The smallest absolute Gasteiger partial charge is 0.330 e. The van der Waals surface area contributed by atoms with Crippen molar-refractivity contribution in [2.45, 2.75) is 19.8 Å². The molecule has 0 heterocycles. The summed E-state index contributed by atoms with van der Waals surface area (Å²) in [5.41, 5.74) is 0.199. The molecule has 0 radical (unpaired) electrons. The van der Waals surface area contributed by atoms with Gasteiger partial charge in [0.1, 0.15) is 0 Å². The first-order chi connectivity index (χ1) is 5.07. The fourth-order valence-electron chi connectivity index (χ4n) is 0.522. The van der Waals surface area contributed by atoms with Crippen LogP contribution in [0.1, 0.15) is 19.8 Å². The van der Waals surface area contributed by atoms with Crippen molar-refractivity contribution in [2.75, 3.05) is 0 Å². The minimum atomic E-state index is -0.953. The number of aliphatic carboxylic acids is 1. The summed E-state index contributed by atoms with van der Waals surface area (Å²) in [4.78, 5) is 10.2. The molecule has 0 unspecified atom stereocenters. The number of carboxylic acids is 1. The summed E-state index contributed by atoms with van der Waals surface area (Å²) in [6.45, 7) is 5.19. The number of hydrogen-bond donors (Lipinski definition) is 1. The van der Waals surface area contributed by atoms with Crippen LogP contribution in [0.2, 0.25) is 0 Å². The predicted octanol–water partition coefficient (Wildman–Crippen LogP) is 2.55. The molecular weight excluding hydrogens is 164 g/mol. The Labute approximate surface area is 71.2 Å². The Morgan fingerprint density at radius 2 is 2.18 bits per heavy atom. The first kappa shape index (κ1) is 10.2. The maximum Gasteiger partial charge on any atom is 0.330 e. The third-order valence-corrected chi connectivity index (χ3v) is 1.69. The number of carboxylic acid groups (broad SMARTS) is 1. The molecule has 1 N–H and O–H groups in total. The molecule has 0 rings (SSSR count). The van der Waals surface area contributed by atoms with Crippen molar-refractivity contribution in [3.05, 3.63) is 23.3 Å². The zero-order valence-electron chi connectivity index (χ0n) is 6.43. The van der Waals surface area contributed by atoms with Gasteiger partial charge in [-0.05, 0) is 19.8 Å². The molecule has 0 bridgehead atoms. The van der Waals surface area contributed by atoms with E-state index in [-0.39, 0.29) is 5.57 Å². The zero-order valence-corrected chi connectivity index (χ0v) is 7.19. The highest BCUT2D eigenvalue weighted by atomic mass is 35.5. The van der Waals surface area contributed by atoms with Crippen LogP contribution in [-0.2, 0) is 4.79 Å². The molecule has 0 aliphatic rings. The number of rotatable bonds is 4. The molecule has 0 aliphatic carbocycles. The van der Waals surface area contributed by atoms with E-state index in [4.69, 9.17) is 16.7 Å². The lowest BCUT2D eigenvalue weighted by Crippen LogP contribution is -1.98. The lowest BCUT2D eigenvalue weighted by atomic mass is 10.1. The second kappa shape index (κ2) is 4.97. The largest absolute Gasteiger partial charge is 0.478 e. The topological polar surface area (TPSA) is 37.3 Å². The van der Waals surface area contributed by atoms with Crippen molar-refractivity contribution >= 4 is 17.6 Å². The van der Waals surface area contributed by atoms with E-state index in [1.54, 1.807) is 6.08 Å². The van der Waals surface area contributed by atoms with E-state index in [2.05, 4.69) is 6.58 Å². The van der Waals surface area contributed by atoms with Gasteiger partial charge in [-0.25, -0.2) is 4.79 Å². The third-order valence-electron chi connectivity index (χ3n) is 1.28. The third kappa shape index (κ3) is 4.62. The van der Waals surface area contributed by atoms with E-state index < -0.39 is 5.97 Å². The van der Waals surface area contributed by atoms with Crippen molar-refractivity contribution in [1.82, 2.24) is 0 Å². The van der Waals surface area contributed by atoms with Crippen LogP contribution >= 0.6 is 11.6 Å². The van der Waals surface area contributed by atoms with E-state index in [1.807, 2.05) is 6.92 Å². The first-order valence-corrected chi connectivity index (χ1v) is 3.67. The van der Waals surface area contributed by atoms with Crippen LogP contribution in [0.15, 0.2) is 23.3 Å². The summed E-state index contributed by atoms with van der Waals surface area (Å²) in [6.07, 6.45) is 2.72. The fraction of sp³-hybridized carbons (Fsp3) is 0.375. The SMILES string of the molecule is C=C(CCC(Cl)=CC)C(=O)O. The Hall–Kier alpha value is -0.760. The Morgan fingerprint density at radius 1 is 1.64 bits per heavy atom. The van der Waals surface area contributed by atoms with Crippen LogP contribution in [0.3, 0.4) is 0 Å². The van der Waals surface area contributed by atoms with Crippen molar-refractivity contribution in [2.24, 2.45) is 0 Å². The van der Waals surface area contributed by atoms with E-state index in [1.165, 1.54) is 0 Å². The molecule has 0 aromatic rings.